The minimum atomic E-state index is -1.83. The van der Waals surface area contributed by atoms with Crippen LogP contribution in [-0.4, -0.2) is 404 Å². The molecule has 14 unspecified atom stereocenters. The van der Waals surface area contributed by atoms with Crippen molar-refractivity contribution in [1.82, 2.24) is 10.6 Å². The van der Waals surface area contributed by atoms with E-state index in [1.165, 1.54) is 18.9 Å². The normalized spacial score (nSPS) is 42.1. The van der Waals surface area contributed by atoms with Gasteiger partial charge in [-0.15, -0.1) is 35.3 Å². The lowest BCUT2D eigenvalue weighted by Crippen LogP contribution is -2.64. The molecule has 39 heteroatoms. The summed E-state index contributed by atoms with van der Waals surface area (Å²) in [5, 5.41) is 215. The first-order valence-electron chi connectivity index (χ1n) is 31.1. The maximum absolute atomic E-state index is 11.2. The quantitative estimate of drug-likeness (QED) is 0.0202. The second-order valence-corrected chi connectivity index (χ2v) is 29.0. The Bertz CT molecular complexity index is 2070. The van der Waals surface area contributed by atoms with Gasteiger partial charge in [0.05, 0.1) is 70.5 Å². The number of methoxy groups -OCH3 is 1. The first kappa shape index (κ1) is 82.8. The van der Waals surface area contributed by atoms with E-state index >= 15 is 0 Å². The Morgan fingerprint density at radius 3 is 1.22 bits per heavy atom. The van der Waals surface area contributed by atoms with Crippen LogP contribution in [0.3, 0.4) is 0 Å². The minimum absolute atomic E-state index is 0.00107. The van der Waals surface area contributed by atoms with Crippen molar-refractivity contribution >= 4 is 64.4 Å². The zero-order valence-corrected chi connectivity index (χ0v) is 56.1. The van der Waals surface area contributed by atoms with Crippen LogP contribution in [-0.2, 0) is 56.8 Å². The molecule has 0 radical (unpaired) electrons. The van der Waals surface area contributed by atoms with Crippen LogP contribution in [0.1, 0.15) is 26.2 Å². The van der Waals surface area contributed by atoms with Gasteiger partial charge in [0.1, 0.15) is 144 Å². The summed E-state index contributed by atoms with van der Waals surface area (Å²) in [4.78, 5) is 0. The predicted molar refractivity (Wildman–Crippen MR) is 335 cm³/mol. The van der Waals surface area contributed by atoms with Crippen LogP contribution in [0.15, 0.2) is 0 Å². The van der Waals surface area contributed by atoms with E-state index in [4.69, 9.17) is 69.1 Å². The van der Waals surface area contributed by atoms with Gasteiger partial charge in [-0.1, -0.05) is 6.92 Å². The SMILES string of the molecule is CO[C@H]1OC(CO)C(O[C@H]2OC(CSCCNC(=S)NCC(COCCCS[C@H]3OC(CO)[C@@H](O)[C@H](O)C3O)(COCCCS[C@H]3OC(CO)[C@@H](O)[C@H](O)C3O)COCCCS[C@@H]3OC(CO)[C@@H](O[C@@H]4OC(CO)[C@H](O)[C@H](O)C4O)[C@H](O)C3O)C(C)[C@H](O)C2O)[C@H](O)C1O. The van der Waals surface area contributed by atoms with E-state index in [9.17, 15) is 102 Å². The fourth-order valence-electron chi connectivity index (χ4n) is 11.0. The van der Waals surface area contributed by atoms with Crippen molar-refractivity contribution in [2.24, 2.45) is 11.3 Å². The Balaban J connectivity index is 1.07. The molecular weight excluding hydrogens is 1360 g/mol. The number of rotatable bonds is 38. The van der Waals surface area contributed by atoms with Gasteiger partial charge in [-0.25, -0.2) is 0 Å². The summed E-state index contributed by atoms with van der Waals surface area (Å²) in [7, 11) is 1.25. The zero-order chi connectivity index (χ0) is 69.0. The van der Waals surface area contributed by atoms with Crippen molar-refractivity contribution in [3.8, 4) is 0 Å². The summed E-state index contributed by atoms with van der Waals surface area (Å²) in [6.45, 7) is -0.776. The van der Waals surface area contributed by atoms with Gasteiger partial charge in [0.25, 0.3) is 0 Å². The summed E-state index contributed by atoms with van der Waals surface area (Å²) in [5.41, 5.74) is -4.04. The number of aliphatic hydroxyl groups is 20. The Morgan fingerprint density at radius 1 is 0.415 bits per heavy atom. The van der Waals surface area contributed by atoms with Gasteiger partial charge in [-0.3, -0.25) is 0 Å². The topological polar surface area (TPSA) is 539 Å². The summed E-state index contributed by atoms with van der Waals surface area (Å²) >= 11 is 10.6. The van der Waals surface area contributed by atoms with Crippen molar-refractivity contribution in [3.05, 3.63) is 0 Å². The maximum atomic E-state index is 11.2. The number of hydrogen-bond donors (Lipinski definition) is 22. The highest BCUT2D eigenvalue weighted by Gasteiger charge is 2.53. The zero-order valence-electron chi connectivity index (χ0n) is 52.1. The minimum Gasteiger partial charge on any atom is -0.394 e. The number of nitrogens with one attached hydrogen (secondary N) is 2. The molecule has 0 aliphatic carbocycles. The van der Waals surface area contributed by atoms with Gasteiger partial charge >= 0.3 is 0 Å². The Morgan fingerprint density at radius 2 is 0.777 bits per heavy atom. The molecule has 6 rings (SSSR count). The molecule has 6 heterocycles. The van der Waals surface area contributed by atoms with E-state index in [0.717, 1.165) is 35.3 Å². The van der Waals surface area contributed by atoms with Crippen molar-refractivity contribution in [3.63, 3.8) is 0 Å². The van der Waals surface area contributed by atoms with Gasteiger partial charge in [0, 0.05) is 57.4 Å². The number of aliphatic hydroxyl groups excluding tert-OH is 20. The molecule has 0 spiro atoms. The average molecular weight is 1460 g/mol. The maximum Gasteiger partial charge on any atom is 0.187 e. The van der Waals surface area contributed by atoms with Crippen LogP contribution in [0, 0.1) is 11.3 Å². The van der Waals surface area contributed by atoms with Crippen molar-refractivity contribution in [1.29, 1.82) is 0 Å². The van der Waals surface area contributed by atoms with Crippen molar-refractivity contribution in [2.45, 2.75) is 202 Å². The third-order valence-electron chi connectivity index (χ3n) is 16.9. The summed E-state index contributed by atoms with van der Waals surface area (Å²) < 4.78 is 69.8. The van der Waals surface area contributed by atoms with Gasteiger partial charge in [-0.2, -0.15) is 11.8 Å². The van der Waals surface area contributed by atoms with Crippen LogP contribution < -0.4 is 10.6 Å². The lowest BCUT2D eigenvalue weighted by molar-refractivity contribution is -0.350. The van der Waals surface area contributed by atoms with Crippen LogP contribution in [0.5, 0.6) is 0 Å². The molecule has 6 saturated heterocycles. The average Bonchev–Trinajstić information content (AvgIpc) is 0.833. The van der Waals surface area contributed by atoms with Crippen LogP contribution in [0.4, 0.5) is 0 Å². The van der Waals surface area contributed by atoms with Crippen molar-refractivity contribution < 1.29 is 159 Å². The van der Waals surface area contributed by atoms with E-state index in [2.05, 4.69) is 10.6 Å². The smallest absolute Gasteiger partial charge is 0.187 e. The highest BCUT2D eigenvalue weighted by atomic mass is 32.2. The second-order valence-electron chi connectivity index (χ2n) is 23.8. The number of thioether (sulfide) groups is 4. The molecule has 6 aliphatic heterocycles. The van der Waals surface area contributed by atoms with Crippen molar-refractivity contribution in [2.75, 3.05) is 122 Å². The summed E-state index contributed by atoms with van der Waals surface area (Å²) in [6, 6.07) is 0. The Labute approximate surface area is 566 Å². The lowest BCUT2D eigenvalue weighted by Gasteiger charge is -2.46. The van der Waals surface area contributed by atoms with E-state index in [-0.39, 0.29) is 57.1 Å². The summed E-state index contributed by atoms with van der Waals surface area (Å²) in [5.74, 6) is 1.15. The van der Waals surface area contributed by atoms with Crippen LogP contribution in [0.25, 0.3) is 0 Å². The highest BCUT2D eigenvalue weighted by molar-refractivity contribution is 8.00. The predicted octanol–water partition coefficient (Wildman–Crippen LogP) is -9.63. The molecule has 6 fully saturated rings. The van der Waals surface area contributed by atoms with Gasteiger partial charge in [0.15, 0.2) is 24.0 Å². The van der Waals surface area contributed by atoms with Gasteiger partial charge < -0.3 is 170 Å². The van der Waals surface area contributed by atoms with Gasteiger partial charge in [-0.05, 0) is 48.7 Å². The molecule has 0 saturated carbocycles. The fraction of sp³-hybridized carbons (Fsp3) is 0.982. The molecular formula is C55H100N2O32S5. The van der Waals surface area contributed by atoms with Gasteiger partial charge in [0.2, 0.25) is 0 Å². The van der Waals surface area contributed by atoms with E-state index in [1.807, 2.05) is 0 Å². The highest BCUT2D eigenvalue weighted by Crippen LogP contribution is 2.36. The first-order chi connectivity index (χ1) is 44.9. The molecule has 30 atom stereocenters. The third-order valence-corrected chi connectivity index (χ3v) is 21.9. The molecule has 94 heavy (non-hydrogen) atoms. The van der Waals surface area contributed by atoms with E-state index < -0.39 is 220 Å². The number of ether oxygens (including phenoxy) is 12. The lowest BCUT2D eigenvalue weighted by atomic mass is 9.90. The van der Waals surface area contributed by atoms with E-state index in [0.29, 0.717) is 48.8 Å². The van der Waals surface area contributed by atoms with Crippen LogP contribution >= 0.6 is 59.3 Å². The van der Waals surface area contributed by atoms with E-state index in [1.54, 1.807) is 6.92 Å². The molecule has 0 amide bonds. The molecule has 34 nitrogen and oxygen atoms in total. The number of thiocarbonyl (C=S) groups is 1. The third kappa shape index (κ3) is 22.4. The standard InChI is InChI=1S/C55H100N2O32S5/c1-24-30(84-49(40(72)31(24)63)88-46-28(17-61)83-48(78-2)42(74)38(46)70)19-91-13-6-56-54(90)57-20-55(21-79-7-3-10-92-51-43(75)36(68)33(65)26(15-59)85-51,22-80-8-4-11-93-52-44(76)37(69)34(66)27(16-60)86-52)23-81-9-5-12-94-53-45(77)39(71)47(29(18-62)87-53)89-50-41(73)35(67)32(64)25(14-58)82-50/h24-53,58-77H,3-23H2,1-2H3,(H2,56,57,90)/t24?,25?,26?,27?,28?,29?,30?,31-,32-,33+,34+,35-,36-,37-,38+,39+,40?,41?,42?,43?,44?,45?,46?,47+,48-,49+,50-,51+,52+,53-,55?/m0/s1. The first-order valence-corrected chi connectivity index (χ1v) is 35.8. The fourth-order valence-corrected chi connectivity index (χ4v) is 15.5. The Hall–Kier alpha value is -0.190. The Kier molecular flexibility index (Phi) is 36.3. The largest absolute Gasteiger partial charge is 0.394 e. The second kappa shape index (κ2) is 41.2. The summed E-state index contributed by atoms with van der Waals surface area (Å²) in [6.07, 6.45) is -36.5. The molecule has 6 aliphatic rings. The molecule has 0 aromatic rings. The molecule has 22 N–H and O–H groups in total. The number of hydrogen-bond acceptors (Lipinski definition) is 37. The molecule has 552 valence electrons. The molecule has 0 aromatic carbocycles. The molecule has 0 aromatic heterocycles. The van der Waals surface area contributed by atoms with Crippen LogP contribution in [0.2, 0.25) is 0 Å². The monoisotopic (exact) mass is 1460 g/mol. The molecule has 0 bridgehead atoms.